The molecule has 1 fully saturated rings. The summed E-state index contributed by atoms with van der Waals surface area (Å²) >= 11 is 5.68. The summed E-state index contributed by atoms with van der Waals surface area (Å²) < 4.78 is 18.6. The van der Waals surface area contributed by atoms with E-state index in [2.05, 4.69) is 5.32 Å². The van der Waals surface area contributed by atoms with Gasteiger partial charge >= 0.3 is 0 Å². The van der Waals surface area contributed by atoms with Gasteiger partial charge in [-0.3, -0.25) is 10.1 Å². The molecule has 1 aromatic rings. The molecule has 0 spiro atoms. The summed E-state index contributed by atoms with van der Waals surface area (Å²) in [5, 5.41) is 13.8. The van der Waals surface area contributed by atoms with Crippen LogP contribution >= 0.6 is 11.6 Å². The molecule has 1 aliphatic rings. The number of hydrogen-bond acceptors (Lipinski definition) is 4. The molecule has 0 heterocycles. The van der Waals surface area contributed by atoms with E-state index >= 15 is 0 Å². The van der Waals surface area contributed by atoms with Gasteiger partial charge in [-0.2, -0.15) is 0 Å². The zero-order chi connectivity index (χ0) is 14.0. The van der Waals surface area contributed by atoms with Crippen LogP contribution in [-0.2, 0) is 4.74 Å². The summed E-state index contributed by atoms with van der Waals surface area (Å²) in [5.74, 6) is -0.798. The van der Waals surface area contributed by atoms with Gasteiger partial charge in [0.25, 0.3) is 5.69 Å². The third-order valence-corrected chi connectivity index (χ3v) is 3.62. The normalized spacial score (nSPS) is 22.5. The first-order valence-electron chi connectivity index (χ1n) is 5.95. The molecule has 0 aromatic heterocycles. The third kappa shape index (κ3) is 2.96. The SMILES string of the molecule is COC1CCCC1Nc1cc(Cl)c(F)cc1[N+](=O)[O-]. The van der Waals surface area contributed by atoms with Gasteiger partial charge in [0.15, 0.2) is 0 Å². The van der Waals surface area contributed by atoms with Gasteiger partial charge in [0.2, 0.25) is 0 Å². The van der Waals surface area contributed by atoms with Crippen molar-refractivity contribution in [2.24, 2.45) is 0 Å². The zero-order valence-electron chi connectivity index (χ0n) is 10.4. The summed E-state index contributed by atoms with van der Waals surface area (Å²) in [4.78, 5) is 10.3. The van der Waals surface area contributed by atoms with Crippen LogP contribution in [0.25, 0.3) is 0 Å². The van der Waals surface area contributed by atoms with E-state index in [0.717, 1.165) is 25.3 Å². The van der Waals surface area contributed by atoms with Crippen molar-refractivity contribution in [3.8, 4) is 0 Å². The van der Waals surface area contributed by atoms with E-state index in [-0.39, 0.29) is 28.5 Å². The van der Waals surface area contributed by atoms with Gasteiger partial charge in [0.05, 0.1) is 28.2 Å². The first-order valence-corrected chi connectivity index (χ1v) is 6.33. The van der Waals surface area contributed by atoms with Gasteiger partial charge in [-0.05, 0) is 25.3 Å². The van der Waals surface area contributed by atoms with Crippen LogP contribution in [-0.4, -0.2) is 24.2 Å². The Hall–Kier alpha value is -1.40. The van der Waals surface area contributed by atoms with Crippen LogP contribution < -0.4 is 5.32 Å². The fraction of sp³-hybridized carbons (Fsp3) is 0.500. The summed E-state index contributed by atoms with van der Waals surface area (Å²) in [6.07, 6.45) is 2.74. The number of anilines is 1. The molecular formula is C12H14ClFN2O3. The minimum absolute atomic E-state index is 0.00318. The van der Waals surface area contributed by atoms with E-state index in [0.29, 0.717) is 0 Å². The predicted molar refractivity (Wildman–Crippen MR) is 70.1 cm³/mol. The molecule has 1 aromatic carbocycles. The maximum atomic E-state index is 13.3. The van der Waals surface area contributed by atoms with E-state index in [1.54, 1.807) is 7.11 Å². The quantitative estimate of drug-likeness (QED) is 0.681. The second-order valence-corrected chi connectivity index (χ2v) is 4.90. The molecule has 2 unspecified atom stereocenters. The maximum absolute atomic E-state index is 13.3. The summed E-state index contributed by atoms with van der Waals surface area (Å²) in [7, 11) is 1.61. The number of benzene rings is 1. The molecule has 1 saturated carbocycles. The zero-order valence-corrected chi connectivity index (χ0v) is 11.1. The van der Waals surface area contributed by atoms with Crippen LogP contribution in [0, 0.1) is 15.9 Å². The van der Waals surface area contributed by atoms with Crippen molar-refractivity contribution in [2.75, 3.05) is 12.4 Å². The van der Waals surface area contributed by atoms with Crippen LogP contribution in [0.5, 0.6) is 0 Å². The van der Waals surface area contributed by atoms with E-state index in [1.165, 1.54) is 6.07 Å². The van der Waals surface area contributed by atoms with Gasteiger partial charge in [-0.15, -0.1) is 0 Å². The number of halogens is 2. The van der Waals surface area contributed by atoms with E-state index < -0.39 is 10.7 Å². The number of nitro benzene ring substituents is 1. The Morgan fingerprint density at radius 2 is 2.26 bits per heavy atom. The van der Waals surface area contributed by atoms with Crippen molar-refractivity contribution in [1.82, 2.24) is 0 Å². The molecule has 1 aliphatic carbocycles. The molecule has 1 N–H and O–H groups in total. The van der Waals surface area contributed by atoms with Crippen LogP contribution in [0.2, 0.25) is 5.02 Å². The summed E-state index contributed by atoms with van der Waals surface area (Å²) in [6.45, 7) is 0. The van der Waals surface area contributed by atoms with Crippen molar-refractivity contribution in [1.29, 1.82) is 0 Å². The highest BCUT2D eigenvalue weighted by Gasteiger charge is 2.29. The minimum Gasteiger partial charge on any atom is -0.379 e. The molecule has 2 atom stereocenters. The van der Waals surface area contributed by atoms with Gasteiger partial charge in [-0.25, -0.2) is 4.39 Å². The molecule has 0 amide bonds. The molecule has 2 rings (SSSR count). The average molecular weight is 289 g/mol. The molecule has 0 aliphatic heterocycles. The average Bonchev–Trinajstić information content (AvgIpc) is 2.80. The largest absolute Gasteiger partial charge is 0.379 e. The first-order chi connectivity index (χ1) is 9.02. The molecule has 0 radical (unpaired) electrons. The van der Waals surface area contributed by atoms with Gasteiger partial charge in [0.1, 0.15) is 11.5 Å². The highest BCUT2D eigenvalue weighted by molar-refractivity contribution is 6.31. The Morgan fingerprint density at radius 1 is 1.53 bits per heavy atom. The summed E-state index contributed by atoms with van der Waals surface area (Å²) in [5.41, 5.74) is -0.0889. The standard InChI is InChI=1S/C12H14ClFN2O3/c1-19-12-4-2-3-9(12)15-10-5-7(13)8(14)6-11(10)16(17)18/h5-6,9,12,15H,2-4H2,1H3. The number of methoxy groups -OCH3 is 1. The topological polar surface area (TPSA) is 64.4 Å². The van der Waals surface area contributed by atoms with Crippen molar-refractivity contribution in [3.63, 3.8) is 0 Å². The second-order valence-electron chi connectivity index (χ2n) is 4.50. The fourth-order valence-corrected chi connectivity index (χ4v) is 2.54. The Balaban J connectivity index is 2.28. The number of nitrogens with one attached hydrogen (secondary N) is 1. The van der Waals surface area contributed by atoms with Gasteiger partial charge < -0.3 is 10.1 Å². The molecular weight excluding hydrogens is 275 g/mol. The van der Waals surface area contributed by atoms with Crippen LogP contribution in [0.1, 0.15) is 19.3 Å². The van der Waals surface area contributed by atoms with Crippen LogP contribution in [0.3, 0.4) is 0 Å². The highest BCUT2D eigenvalue weighted by atomic mass is 35.5. The first kappa shape index (κ1) is 14.0. The fourth-order valence-electron chi connectivity index (χ4n) is 2.38. The molecule has 5 nitrogen and oxygen atoms in total. The van der Waals surface area contributed by atoms with E-state index in [4.69, 9.17) is 16.3 Å². The van der Waals surface area contributed by atoms with E-state index in [9.17, 15) is 14.5 Å². The monoisotopic (exact) mass is 288 g/mol. The van der Waals surface area contributed by atoms with E-state index in [1.807, 2.05) is 0 Å². The maximum Gasteiger partial charge on any atom is 0.295 e. The minimum atomic E-state index is -0.798. The van der Waals surface area contributed by atoms with Crippen molar-refractivity contribution in [2.45, 2.75) is 31.4 Å². The number of rotatable bonds is 4. The lowest BCUT2D eigenvalue weighted by atomic mass is 10.2. The molecule has 104 valence electrons. The molecule has 19 heavy (non-hydrogen) atoms. The number of hydrogen-bond donors (Lipinski definition) is 1. The Labute approximate surface area is 114 Å². The molecule has 7 heteroatoms. The van der Waals surface area contributed by atoms with Crippen LogP contribution in [0.15, 0.2) is 12.1 Å². The van der Waals surface area contributed by atoms with Crippen molar-refractivity contribution >= 4 is 23.0 Å². The molecule has 0 saturated heterocycles. The van der Waals surface area contributed by atoms with Crippen molar-refractivity contribution < 1.29 is 14.1 Å². The van der Waals surface area contributed by atoms with Crippen molar-refractivity contribution in [3.05, 3.63) is 33.1 Å². The predicted octanol–water partition coefficient (Wildman–Crippen LogP) is 3.37. The number of ether oxygens (including phenoxy) is 1. The number of nitro groups is 1. The van der Waals surface area contributed by atoms with Gasteiger partial charge in [0, 0.05) is 7.11 Å². The second kappa shape index (κ2) is 5.71. The number of nitrogens with zero attached hydrogens (tertiary/aromatic N) is 1. The Kier molecular flexibility index (Phi) is 4.21. The van der Waals surface area contributed by atoms with Crippen LogP contribution in [0.4, 0.5) is 15.8 Å². The molecule has 0 bridgehead atoms. The Bertz CT molecular complexity index is 498. The highest BCUT2D eigenvalue weighted by Crippen LogP contribution is 2.33. The Morgan fingerprint density at radius 3 is 2.89 bits per heavy atom. The lowest BCUT2D eigenvalue weighted by Gasteiger charge is -2.20. The third-order valence-electron chi connectivity index (χ3n) is 3.33. The smallest absolute Gasteiger partial charge is 0.295 e. The lowest BCUT2D eigenvalue weighted by molar-refractivity contribution is -0.384. The lowest BCUT2D eigenvalue weighted by Crippen LogP contribution is -2.30. The van der Waals surface area contributed by atoms with Gasteiger partial charge in [-0.1, -0.05) is 11.6 Å². The summed E-state index contributed by atoms with van der Waals surface area (Å²) in [6, 6.07) is 2.06.